The number of hydrogen-bond acceptors (Lipinski definition) is 8. The van der Waals surface area contributed by atoms with E-state index in [1.807, 2.05) is 24.3 Å². The van der Waals surface area contributed by atoms with Crippen LogP contribution in [0.5, 0.6) is 5.75 Å². The third-order valence-corrected chi connectivity index (χ3v) is 5.85. The van der Waals surface area contributed by atoms with Crippen molar-refractivity contribution in [3.05, 3.63) is 63.8 Å². The zero-order valence-electron chi connectivity index (χ0n) is 16.0. The summed E-state index contributed by atoms with van der Waals surface area (Å²) in [6.07, 6.45) is 1.32. The summed E-state index contributed by atoms with van der Waals surface area (Å²) in [5, 5.41) is 13.9. The molecule has 29 heavy (non-hydrogen) atoms. The summed E-state index contributed by atoms with van der Waals surface area (Å²) in [5.41, 5.74) is 2.18. The van der Waals surface area contributed by atoms with E-state index in [-0.39, 0.29) is 5.69 Å². The lowest BCUT2D eigenvalue weighted by Gasteiger charge is -2.35. The lowest BCUT2D eigenvalue weighted by molar-refractivity contribution is -0.385. The van der Waals surface area contributed by atoms with Crippen LogP contribution in [0.4, 0.5) is 11.5 Å². The molecule has 0 aliphatic carbocycles. The highest BCUT2D eigenvalue weighted by Crippen LogP contribution is 2.26. The molecule has 3 aromatic rings. The number of methoxy groups -OCH3 is 1. The number of nitrogens with zero attached hydrogens (tertiary/aromatic N) is 5. The number of pyridine rings is 1. The highest BCUT2D eigenvalue weighted by Gasteiger charge is 2.20. The normalized spacial score (nSPS) is 14.7. The van der Waals surface area contributed by atoms with Gasteiger partial charge in [0.15, 0.2) is 0 Å². The largest absolute Gasteiger partial charge is 0.497 e. The van der Waals surface area contributed by atoms with Crippen LogP contribution in [0.2, 0.25) is 0 Å². The minimum atomic E-state index is -0.428. The van der Waals surface area contributed by atoms with Crippen LogP contribution in [0, 0.1) is 10.1 Å². The zero-order chi connectivity index (χ0) is 20.2. The summed E-state index contributed by atoms with van der Waals surface area (Å²) in [6, 6.07) is 11.2. The summed E-state index contributed by atoms with van der Waals surface area (Å²) >= 11 is 1.65. The van der Waals surface area contributed by atoms with Crippen molar-refractivity contribution in [2.45, 2.75) is 6.54 Å². The van der Waals surface area contributed by atoms with Crippen molar-refractivity contribution in [2.24, 2.45) is 0 Å². The van der Waals surface area contributed by atoms with E-state index in [0.29, 0.717) is 0 Å². The second-order valence-electron chi connectivity index (χ2n) is 6.77. The number of piperazine rings is 1. The maximum absolute atomic E-state index is 10.8. The average molecular weight is 411 g/mol. The summed E-state index contributed by atoms with van der Waals surface area (Å²) in [4.78, 5) is 23.9. The number of nitro groups is 1. The van der Waals surface area contributed by atoms with Gasteiger partial charge in [-0.1, -0.05) is 0 Å². The molecule has 0 atom stereocenters. The molecule has 0 amide bonds. The lowest BCUT2D eigenvalue weighted by atomic mass is 10.2. The average Bonchev–Trinajstić information content (AvgIpc) is 3.23. The van der Waals surface area contributed by atoms with Crippen molar-refractivity contribution in [3.8, 4) is 16.3 Å². The monoisotopic (exact) mass is 411 g/mol. The Morgan fingerprint density at radius 3 is 2.52 bits per heavy atom. The van der Waals surface area contributed by atoms with Crippen LogP contribution in [0.3, 0.4) is 0 Å². The van der Waals surface area contributed by atoms with E-state index in [1.165, 1.54) is 12.3 Å². The van der Waals surface area contributed by atoms with Gasteiger partial charge in [0.25, 0.3) is 5.69 Å². The van der Waals surface area contributed by atoms with E-state index < -0.39 is 4.92 Å². The van der Waals surface area contributed by atoms with Gasteiger partial charge in [-0.2, -0.15) is 0 Å². The molecule has 1 saturated heterocycles. The Labute approximate surface area is 172 Å². The van der Waals surface area contributed by atoms with Gasteiger partial charge in [0.05, 0.1) is 17.7 Å². The SMILES string of the molecule is COc1ccc(-c2nc(CN3CCN(c4ccc([N+](=O)[O-])cn4)CC3)cs2)cc1. The fourth-order valence-corrected chi connectivity index (χ4v) is 4.10. The van der Waals surface area contributed by atoms with E-state index in [1.54, 1.807) is 24.5 Å². The van der Waals surface area contributed by atoms with Gasteiger partial charge in [-0.25, -0.2) is 9.97 Å². The number of hydrogen-bond donors (Lipinski definition) is 0. The number of benzene rings is 1. The third-order valence-electron chi connectivity index (χ3n) is 4.91. The summed E-state index contributed by atoms with van der Waals surface area (Å²) in [5.74, 6) is 1.62. The van der Waals surface area contributed by atoms with E-state index in [2.05, 4.69) is 20.2 Å². The highest BCUT2D eigenvalue weighted by atomic mass is 32.1. The van der Waals surface area contributed by atoms with Gasteiger partial charge in [0, 0.05) is 49.7 Å². The predicted octanol–water partition coefficient (Wildman–Crippen LogP) is 3.44. The van der Waals surface area contributed by atoms with Crippen LogP contribution in [0.1, 0.15) is 5.69 Å². The Bertz CT molecular complexity index is 967. The summed E-state index contributed by atoms with van der Waals surface area (Å²) in [6.45, 7) is 4.27. The molecule has 0 radical (unpaired) electrons. The van der Waals surface area contributed by atoms with E-state index in [4.69, 9.17) is 9.72 Å². The quantitative estimate of drug-likeness (QED) is 0.454. The number of anilines is 1. The second-order valence-corrected chi connectivity index (χ2v) is 7.63. The van der Waals surface area contributed by atoms with Gasteiger partial charge in [0.1, 0.15) is 22.8 Å². The second kappa shape index (κ2) is 8.54. The molecule has 8 nitrogen and oxygen atoms in total. The van der Waals surface area contributed by atoms with Gasteiger partial charge in [-0.15, -0.1) is 11.3 Å². The summed E-state index contributed by atoms with van der Waals surface area (Å²) < 4.78 is 5.21. The number of aromatic nitrogens is 2. The van der Waals surface area contributed by atoms with E-state index in [0.717, 1.165) is 60.6 Å². The molecule has 3 heterocycles. The number of ether oxygens (including phenoxy) is 1. The Hall–Kier alpha value is -3.04. The number of thiazole rings is 1. The molecule has 1 aliphatic heterocycles. The molecular formula is C20H21N5O3S. The van der Waals surface area contributed by atoms with E-state index in [9.17, 15) is 10.1 Å². The molecule has 1 fully saturated rings. The van der Waals surface area contributed by atoms with Crippen LogP contribution in [-0.4, -0.2) is 53.1 Å². The minimum absolute atomic E-state index is 0.0172. The van der Waals surface area contributed by atoms with Crippen molar-refractivity contribution in [1.82, 2.24) is 14.9 Å². The molecule has 0 saturated carbocycles. The molecule has 2 aromatic heterocycles. The third kappa shape index (κ3) is 4.52. The van der Waals surface area contributed by atoms with Crippen LogP contribution < -0.4 is 9.64 Å². The maximum atomic E-state index is 10.8. The molecule has 4 rings (SSSR count). The van der Waals surface area contributed by atoms with Crippen LogP contribution >= 0.6 is 11.3 Å². The Morgan fingerprint density at radius 1 is 1.14 bits per heavy atom. The maximum Gasteiger partial charge on any atom is 0.287 e. The lowest BCUT2D eigenvalue weighted by Crippen LogP contribution is -2.46. The molecule has 9 heteroatoms. The van der Waals surface area contributed by atoms with Gasteiger partial charge in [-0.3, -0.25) is 15.0 Å². The molecule has 0 N–H and O–H groups in total. The Kier molecular flexibility index (Phi) is 5.68. The van der Waals surface area contributed by atoms with Gasteiger partial charge < -0.3 is 9.64 Å². The zero-order valence-corrected chi connectivity index (χ0v) is 16.8. The van der Waals surface area contributed by atoms with Crippen molar-refractivity contribution in [3.63, 3.8) is 0 Å². The van der Waals surface area contributed by atoms with Gasteiger partial charge in [-0.05, 0) is 30.3 Å². The standard InChI is InChI=1S/C20H21N5O3S/c1-28-18-5-2-15(3-6-18)20-22-16(14-29-20)13-23-8-10-24(11-9-23)19-7-4-17(12-21-19)25(26)27/h2-7,12,14H,8-11,13H2,1H3. The van der Waals surface area contributed by atoms with Crippen LogP contribution in [-0.2, 0) is 6.54 Å². The number of rotatable bonds is 6. The highest BCUT2D eigenvalue weighted by molar-refractivity contribution is 7.13. The fraction of sp³-hybridized carbons (Fsp3) is 0.300. The Balaban J connectivity index is 1.32. The minimum Gasteiger partial charge on any atom is -0.497 e. The van der Waals surface area contributed by atoms with Crippen molar-refractivity contribution >= 4 is 22.8 Å². The predicted molar refractivity (Wildman–Crippen MR) is 112 cm³/mol. The molecule has 150 valence electrons. The molecular weight excluding hydrogens is 390 g/mol. The van der Waals surface area contributed by atoms with Crippen molar-refractivity contribution < 1.29 is 9.66 Å². The first kappa shape index (κ1) is 19.3. The van der Waals surface area contributed by atoms with Crippen molar-refractivity contribution in [2.75, 3.05) is 38.2 Å². The molecule has 0 spiro atoms. The first-order valence-corrected chi connectivity index (χ1v) is 10.2. The van der Waals surface area contributed by atoms with Crippen LogP contribution in [0.15, 0.2) is 48.0 Å². The van der Waals surface area contributed by atoms with Crippen LogP contribution in [0.25, 0.3) is 10.6 Å². The van der Waals surface area contributed by atoms with Gasteiger partial charge >= 0.3 is 0 Å². The smallest absolute Gasteiger partial charge is 0.287 e. The molecule has 1 aromatic carbocycles. The molecule has 0 bridgehead atoms. The van der Waals surface area contributed by atoms with Crippen molar-refractivity contribution in [1.29, 1.82) is 0 Å². The summed E-state index contributed by atoms with van der Waals surface area (Å²) in [7, 11) is 1.66. The fourth-order valence-electron chi connectivity index (χ4n) is 3.28. The molecule has 1 aliphatic rings. The first-order valence-electron chi connectivity index (χ1n) is 9.29. The van der Waals surface area contributed by atoms with Gasteiger partial charge in [0.2, 0.25) is 0 Å². The molecule has 0 unspecified atom stereocenters. The first-order chi connectivity index (χ1) is 14.1. The topological polar surface area (TPSA) is 84.6 Å². The Morgan fingerprint density at radius 2 is 1.90 bits per heavy atom. The van der Waals surface area contributed by atoms with E-state index >= 15 is 0 Å².